The Labute approximate surface area is 319 Å². The summed E-state index contributed by atoms with van der Waals surface area (Å²) in [6.45, 7) is 3.47. The van der Waals surface area contributed by atoms with Crippen LogP contribution in [0.4, 0.5) is 0 Å². The minimum absolute atomic E-state index is 0.00605. The van der Waals surface area contributed by atoms with E-state index in [1.807, 2.05) is 0 Å². The third-order valence-corrected chi connectivity index (χ3v) is 9.37. The van der Waals surface area contributed by atoms with Crippen LogP contribution < -0.4 is 16.0 Å². The van der Waals surface area contributed by atoms with Gasteiger partial charge in [0, 0.05) is 77.6 Å². The van der Waals surface area contributed by atoms with Gasteiger partial charge in [0.2, 0.25) is 17.7 Å². The first-order valence-electron chi connectivity index (χ1n) is 18.3. The molecule has 2 aliphatic heterocycles. The van der Waals surface area contributed by atoms with Gasteiger partial charge in [0.05, 0.1) is 38.5 Å². The minimum Gasteiger partial charge on any atom is -0.480 e. The van der Waals surface area contributed by atoms with Gasteiger partial charge in [0.25, 0.3) is 5.91 Å². The van der Waals surface area contributed by atoms with E-state index in [-0.39, 0.29) is 102 Å². The van der Waals surface area contributed by atoms with E-state index in [1.54, 1.807) is 31.7 Å². The molecule has 4 amide bonds. The van der Waals surface area contributed by atoms with E-state index in [9.17, 15) is 58.9 Å². The Hall–Kier alpha value is -4.67. The molecule has 2 atom stereocenters. The predicted octanol–water partition coefficient (Wildman–Crippen LogP) is -3.94. The van der Waals surface area contributed by atoms with Crippen LogP contribution in [-0.4, -0.2) is 209 Å². The van der Waals surface area contributed by atoms with Gasteiger partial charge < -0.3 is 46.2 Å². The summed E-state index contributed by atoms with van der Waals surface area (Å²) >= 11 is 0. The maximum atomic E-state index is 12.9. The van der Waals surface area contributed by atoms with E-state index < -0.39 is 48.8 Å². The van der Waals surface area contributed by atoms with Crippen molar-refractivity contribution in [3.63, 3.8) is 0 Å². The lowest BCUT2D eigenvalue weighted by atomic mass is 9.78. The van der Waals surface area contributed by atoms with Gasteiger partial charge in [0.1, 0.15) is 6.04 Å². The number of carbonyl (C=O) groups excluding carboxylic acids is 4. The average Bonchev–Trinajstić information content (AvgIpc) is 3.61. The zero-order valence-electron chi connectivity index (χ0n) is 31.1. The van der Waals surface area contributed by atoms with Crippen LogP contribution in [-0.2, 0) is 35.2 Å². The Morgan fingerprint density at radius 2 is 1.11 bits per heavy atom. The molecule has 0 radical (unpaired) electrons. The number of likely N-dealkylation sites (tertiary alicyclic amines) is 1. The first-order valence-corrected chi connectivity index (χ1v) is 18.3. The van der Waals surface area contributed by atoms with E-state index in [1.165, 1.54) is 24.0 Å². The second-order valence-corrected chi connectivity index (χ2v) is 13.7. The Balaban J connectivity index is 1.45. The fourth-order valence-electron chi connectivity index (χ4n) is 6.44. The maximum Gasteiger partial charge on any atom is 0.475 e. The monoisotopic (exact) mass is 776 g/mol. The average molecular weight is 777 g/mol. The zero-order valence-corrected chi connectivity index (χ0v) is 31.1. The molecule has 2 fully saturated rings. The summed E-state index contributed by atoms with van der Waals surface area (Å²) in [5, 5.41) is 55.3. The molecule has 1 aromatic carbocycles. The number of carbonyl (C=O) groups is 7. The van der Waals surface area contributed by atoms with Gasteiger partial charge in [-0.2, -0.15) is 0 Å². The summed E-state index contributed by atoms with van der Waals surface area (Å²) in [6.07, 6.45) is 1.10. The summed E-state index contributed by atoms with van der Waals surface area (Å²) in [5.74, 6) is -5.43. The van der Waals surface area contributed by atoms with Crippen molar-refractivity contribution >= 4 is 48.7 Å². The topological polar surface area (TPSA) is 273 Å². The van der Waals surface area contributed by atoms with Crippen molar-refractivity contribution in [1.29, 1.82) is 0 Å². The summed E-state index contributed by atoms with van der Waals surface area (Å²) in [7, 11) is -1.66. The molecule has 21 heteroatoms. The summed E-state index contributed by atoms with van der Waals surface area (Å²) in [4.78, 5) is 93.5. The summed E-state index contributed by atoms with van der Waals surface area (Å²) in [5.41, 5.74) is 0.897. The van der Waals surface area contributed by atoms with Crippen LogP contribution in [0.15, 0.2) is 24.3 Å². The highest BCUT2D eigenvalue weighted by Gasteiger charge is 2.38. The molecule has 2 heterocycles. The van der Waals surface area contributed by atoms with Crippen LogP contribution in [0.3, 0.4) is 0 Å². The molecular weight excluding hydrogens is 723 g/mol. The molecule has 55 heavy (non-hydrogen) atoms. The Bertz CT molecular complexity index is 1450. The van der Waals surface area contributed by atoms with Gasteiger partial charge in [-0.1, -0.05) is 12.1 Å². The normalized spacial score (nSPS) is 18.7. The van der Waals surface area contributed by atoms with Gasteiger partial charge in [-0.15, -0.1) is 0 Å². The van der Waals surface area contributed by atoms with E-state index in [2.05, 4.69) is 16.0 Å². The van der Waals surface area contributed by atoms with Crippen LogP contribution in [0.1, 0.15) is 35.7 Å². The molecule has 0 aliphatic carbocycles. The number of benzene rings is 1. The Morgan fingerprint density at radius 3 is 1.55 bits per heavy atom. The number of hydrogen-bond acceptors (Lipinski definition) is 13. The molecule has 1 aromatic rings. The molecular formula is C34H53BN8O12. The highest BCUT2D eigenvalue weighted by atomic mass is 16.4. The SMILES string of the molecule is C[C@@H](NC(=O)c1ccc(CC(=O)NCCNC(=O)CN2CCN(CC(=O)O)CCN(CC(=O)O)CCN(CC(=O)O)CC2)cc1)C(=O)N1CCC[C@H]1B(O)O. The second kappa shape index (κ2) is 22.7. The quantitative estimate of drug-likeness (QED) is 0.0554. The van der Waals surface area contributed by atoms with Crippen LogP contribution in [0, 0.1) is 0 Å². The largest absolute Gasteiger partial charge is 0.480 e. The van der Waals surface area contributed by atoms with E-state index in [4.69, 9.17) is 0 Å². The molecule has 0 aromatic heterocycles. The van der Waals surface area contributed by atoms with Crippen LogP contribution in [0.5, 0.6) is 0 Å². The molecule has 0 saturated carbocycles. The van der Waals surface area contributed by atoms with Gasteiger partial charge in [-0.25, -0.2) is 0 Å². The zero-order chi connectivity index (χ0) is 40.5. The van der Waals surface area contributed by atoms with E-state index >= 15 is 0 Å². The molecule has 20 nitrogen and oxygen atoms in total. The van der Waals surface area contributed by atoms with Gasteiger partial charge >= 0.3 is 25.0 Å². The van der Waals surface area contributed by atoms with Crippen LogP contribution >= 0.6 is 0 Å². The number of rotatable bonds is 17. The third-order valence-electron chi connectivity index (χ3n) is 9.37. The van der Waals surface area contributed by atoms with Crippen LogP contribution in [0.25, 0.3) is 0 Å². The first-order chi connectivity index (χ1) is 26.1. The van der Waals surface area contributed by atoms with Crippen molar-refractivity contribution in [1.82, 2.24) is 40.4 Å². The van der Waals surface area contributed by atoms with Gasteiger partial charge in [-0.05, 0) is 37.5 Å². The third kappa shape index (κ3) is 16.3. The predicted molar refractivity (Wildman–Crippen MR) is 197 cm³/mol. The number of carboxylic acids is 3. The Kier molecular flexibility index (Phi) is 18.4. The maximum absolute atomic E-state index is 12.9. The number of nitrogens with one attached hydrogen (secondary N) is 3. The van der Waals surface area contributed by atoms with Crippen molar-refractivity contribution in [2.75, 3.05) is 98.2 Å². The number of nitrogens with zero attached hydrogens (tertiary/aromatic N) is 5. The van der Waals surface area contributed by atoms with Crippen molar-refractivity contribution in [2.45, 2.75) is 38.2 Å². The van der Waals surface area contributed by atoms with Crippen molar-refractivity contribution in [2.24, 2.45) is 0 Å². The molecule has 0 spiro atoms. The Morgan fingerprint density at radius 1 is 0.673 bits per heavy atom. The summed E-state index contributed by atoms with van der Waals surface area (Å²) < 4.78 is 0. The van der Waals surface area contributed by atoms with Gasteiger partial charge in [-0.3, -0.25) is 53.2 Å². The summed E-state index contributed by atoms with van der Waals surface area (Å²) in [6, 6.07) is 5.39. The fourth-order valence-corrected chi connectivity index (χ4v) is 6.44. The molecule has 3 rings (SSSR count). The highest BCUT2D eigenvalue weighted by molar-refractivity contribution is 6.43. The second-order valence-electron chi connectivity index (χ2n) is 13.7. The smallest absolute Gasteiger partial charge is 0.475 e. The standard InChI is InChI=1S/C34H53BN8O12/c1-24(34(53)43-10-2-3-27(43)35(54)55)38-33(52)26-6-4-25(5-7-26)19-28(44)36-8-9-37-29(45)20-39-11-13-40(21-30(46)47)15-17-42(23-32(50)51)18-16-41(14-12-39)22-31(48)49/h4-7,24,27,54-55H,2-3,8-23H2,1H3,(H,36,44)(H,37,45)(H,38,52)(H,46,47)(H,48,49)(H,50,51)/t24-,27+/m1/s1. The van der Waals surface area contributed by atoms with E-state index in [0.29, 0.717) is 38.0 Å². The highest BCUT2D eigenvalue weighted by Crippen LogP contribution is 2.19. The number of aliphatic carboxylic acids is 3. The number of hydrogen-bond donors (Lipinski definition) is 8. The van der Waals surface area contributed by atoms with Crippen molar-refractivity contribution in [3.8, 4) is 0 Å². The minimum atomic E-state index is -1.66. The lowest BCUT2D eigenvalue weighted by Crippen LogP contribution is -2.52. The number of amides is 4. The number of carboxylic acid groups (broad SMARTS) is 3. The lowest BCUT2D eigenvalue weighted by molar-refractivity contribution is -0.140. The molecule has 0 bridgehead atoms. The molecule has 0 unspecified atom stereocenters. The van der Waals surface area contributed by atoms with Crippen molar-refractivity contribution < 1.29 is 58.9 Å². The van der Waals surface area contributed by atoms with Crippen molar-refractivity contribution in [3.05, 3.63) is 35.4 Å². The van der Waals surface area contributed by atoms with E-state index in [0.717, 1.165) is 0 Å². The molecule has 8 N–H and O–H groups in total. The molecule has 2 saturated heterocycles. The fraction of sp³-hybridized carbons (Fsp3) is 0.618. The van der Waals surface area contributed by atoms with Gasteiger partial charge in [0.15, 0.2) is 0 Å². The molecule has 2 aliphatic rings. The lowest BCUT2D eigenvalue weighted by Gasteiger charge is -2.32. The van der Waals surface area contributed by atoms with Crippen LogP contribution in [0.2, 0.25) is 0 Å². The first kappa shape index (κ1) is 44.7. The molecule has 304 valence electrons.